The summed E-state index contributed by atoms with van der Waals surface area (Å²) in [6.45, 7) is 4.15. The largest absolute Gasteiger partial charge is 0.480 e. The summed E-state index contributed by atoms with van der Waals surface area (Å²) in [6, 6.07) is 9.28. The van der Waals surface area contributed by atoms with Gasteiger partial charge in [-0.3, -0.25) is 0 Å². The molecular weight excluding hydrogens is 270 g/mol. The molecule has 1 unspecified atom stereocenters. The number of aliphatic carboxylic acids is 1. The van der Waals surface area contributed by atoms with Crippen molar-refractivity contribution < 1.29 is 19.4 Å². The molecule has 0 spiro atoms. The van der Waals surface area contributed by atoms with E-state index >= 15 is 0 Å². The molecule has 114 valence electrons. The Bertz CT molecular complexity index is 526. The Morgan fingerprint density at radius 2 is 1.90 bits per heavy atom. The van der Waals surface area contributed by atoms with Crippen LogP contribution in [0, 0.1) is 5.41 Å². The molecule has 1 saturated carbocycles. The summed E-state index contributed by atoms with van der Waals surface area (Å²) < 4.78 is 5.12. The zero-order chi connectivity index (χ0) is 15.5. The standard InChI is InChI=1S/C16H21NO4/c1-15(2)8-9-16(11-15,13(18)19)17-14(20)21-10-12-6-4-3-5-7-12/h3-7H,8-11H2,1-2H3,(H,17,20)(H,18,19). The van der Waals surface area contributed by atoms with Crippen molar-refractivity contribution in [2.24, 2.45) is 5.41 Å². The van der Waals surface area contributed by atoms with Gasteiger partial charge in [0.05, 0.1) is 0 Å². The molecule has 0 heterocycles. The molecule has 1 aliphatic rings. The van der Waals surface area contributed by atoms with Crippen molar-refractivity contribution in [3.63, 3.8) is 0 Å². The first kappa shape index (κ1) is 15.4. The Morgan fingerprint density at radius 3 is 2.43 bits per heavy atom. The Morgan fingerprint density at radius 1 is 1.24 bits per heavy atom. The van der Waals surface area contributed by atoms with Crippen LogP contribution in [0.3, 0.4) is 0 Å². The van der Waals surface area contributed by atoms with Crippen molar-refractivity contribution in [2.75, 3.05) is 0 Å². The number of carbonyl (C=O) groups excluding carboxylic acids is 1. The Kier molecular flexibility index (Phi) is 4.21. The van der Waals surface area contributed by atoms with E-state index in [1.54, 1.807) is 0 Å². The van der Waals surface area contributed by atoms with Crippen LogP contribution in [0.25, 0.3) is 0 Å². The van der Waals surface area contributed by atoms with E-state index in [4.69, 9.17) is 4.74 Å². The van der Waals surface area contributed by atoms with E-state index in [0.29, 0.717) is 12.8 Å². The van der Waals surface area contributed by atoms with Crippen LogP contribution in [0.4, 0.5) is 4.79 Å². The molecule has 2 N–H and O–H groups in total. The molecule has 0 radical (unpaired) electrons. The number of nitrogens with one attached hydrogen (secondary N) is 1. The minimum Gasteiger partial charge on any atom is -0.480 e. The van der Waals surface area contributed by atoms with Gasteiger partial charge in [-0.1, -0.05) is 44.2 Å². The predicted octanol–water partition coefficient (Wildman–Crippen LogP) is 2.95. The van der Waals surface area contributed by atoms with Gasteiger partial charge in [0.2, 0.25) is 0 Å². The summed E-state index contributed by atoms with van der Waals surface area (Å²) in [5.41, 5.74) is -0.439. The number of rotatable bonds is 4. The lowest BCUT2D eigenvalue weighted by Gasteiger charge is -2.27. The normalized spacial score (nSPS) is 23.5. The van der Waals surface area contributed by atoms with Gasteiger partial charge in [-0.25, -0.2) is 9.59 Å². The first-order valence-electron chi connectivity index (χ1n) is 7.05. The average Bonchev–Trinajstić information content (AvgIpc) is 2.74. The third kappa shape index (κ3) is 3.74. The number of alkyl carbamates (subject to hydrolysis) is 1. The van der Waals surface area contributed by atoms with Crippen molar-refractivity contribution >= 4 is 12.1 Å². The van der Waals surface area contributed by atoms with Gasteiger partial charge in [-0.15, -0.1) is 0 Å². The van der Waals surface area contributed by atoms with Gasteiger partial charge in [0.15, 0.2) is 0 Å². The summed E-state index contributed by atoms with van der Waals surface area (Å²) in [6.07, 6.45) is 0.919. The van der Waals surface area contributed by atoms with Gasteiger partial charge in [-0.2, -0.15) is 0 Å². The number of amides is 1. The van der Waals surface area contributed by atoms with Crippen molar-refractivity contribution in [3.05, 3.63) is 35.9 Å². The summed E-state index contributed by atoms with van der Waals surface area (Å²) in [4.78, 5) is 23.4. The maximum absolute atomic E-state index is 11.9. The SMILES string of the molecule is CC1(C)CCC(NC(=O)OCc2ccccc2)(C(=O)O)C1. The third-order valence-corrected chi connectivity index (χ3v) is 3.97. The van der Waals surface area contributed by atoms with Crippen molar-refractivity contribution in [1.82, 2.24) is 5.32 Å². The molecule has 5 heteroatoms. The van der Waals surface area contributed by atoms with Gasteiger partial charge in [-0.05, 0) is 30.2 Å². The highest BCUT2D eigenvalue weighted by atomic mass is 16.5. The predicted molar refractivity (Wildman–Crippen MR) is 77.8 cm³/mol. The van der Waals surface area contributed by atoms with Gasteiger partial charge in [0, 0.05) is 0 Å². The number of carboxylic acid groups (broad SMARTS) is 1. The van der Waals surface area contributed by atoms with Crippen molar-refractivity contribution in [1.29, 1.82) is 0 Å². The van der Waals surface area contributed by atoms with E-state index in [-0.39, 0.29) is 12.0 Å². The fourth-order valence-electron chi connectivity index (χ4n) is 2.84. The van der Waals surface area contributed by atoms with Crippen LogP contribution in [0.15, 0.2) is 30.3 Å². The van der Waals surface area contributed by atoms with Gasteiger partial charge < -0.3 is 15.2 Å². The van der Waals surface area contributed by atoms with Crippen LogP contribution in [0.2, 0.25) is 0 Å². The number of ether oxygens (including phenoxy) is 1. The van der Waals surface area contributed by atoms with E-state index in [1.165, 1.54) is 0 Å². The zero-order valence-electron chi connectivity index (χ0n) is 12.4. The van der Waals surface area contributed by atoms with Crippen LogP contribution >= 0.6 is 0 Å². The molecule has 1 amide bonds. The molecule has 1 atom stereocenters. The topological polar surface area (TPSA) is 75.6 Å². The van der Waals surface area contributed by atoms with Crippen LogP contribution in [-0.4, -0.2) is 22.7 Å². The summed E-state index contributed by atoms with van der Waals surface area (Å²) >= 11 is 0. The molecule has 0 aliphatic heterocycles. The molecule has 1 aromatic carbocycles. The quantitative estimate of drug-likeness (QED) is 0.894. The third-order valence-electron chi connectivity index (χ3n) is 3.97. The van der Waals surface area contributed by atoms with Crippen LogP contribution in [0.5, 0.6) is 0 Å². The number of benzene rings is 1. The number of hydrogen-bond donors (Lipinski definition) is 2. The van der Waals surface area contributed by atoms with Crippen LogP contribution < -0.4 is 5.32 Å². The molecule has 1 aliphatic carbocycles. The first-order chi connectivity index (χ1) is 9.83. The molecule has 0 bridgehead atoms. The molecule has 1 fully saturated rings. The van der Waals surface area contributed by atoms with Gasteiger partial charge in [0.25, 0.3) is 0 Å². The van der Waals surface area contributed by atoms with Crippen LogP contribution in [0.1, 0.15) is 38.7 Å². The maximum Gasteiger partial charge on any atom is 0.408 e. The molecule has 0 aromatic heterocycles. The highest BCUT2D eigenvalue weighted by molar-refractivity contribution is 5.84. The van der Waals surface area contributed by atoms with Crippen molar-refractivity contribution in [2.45, 2.75) is 45.3 Å². The fourth-order valence-corrected chi connectivity index (χ4v) is 2.84. The lowest BCUT2D eigenvalue weighted by molar-refractivity contribution is -0.144. The van der Waals surface area contributed by atoms with E-state index in [1.807, 2.05) is 44.2 Å². The minimum atomic E-state index is -1.21. The van der Waals surface area contributed by atoms with E-state index in [9.17, 15) is 14.7 Å². The summed E-state index contributed by atoms with van der Waals surface area (Å²) in [5, 5.41) is 12.0. The smallest absolute Gasteiger partial charge is 0.408 e. The maximum atomic E-state index is 11.9. The Balaban J connectivity index is 1.95. The first-order valence-corrected chi connectivity index (χ1v) is 7.05. The fraction of sp³-hybridized carbons (Fsp3) is 0.500. The molecule has 5 nitrogen and oxygen atoms in total. The number of carbonyl (C=O) groups is 2. The lowest BCUT2D eigenvalue weighted by atomic mass is 9.88. The lowest BCUT2D eigenvalue weighted by Crippen LogP contribution is -2.53. The monoisotopic (exact) mass is 291 g/mol. The average molecular weight is 291 g/mol. The van der Waals surface area contributed by atoms with Gasteiger partial charge in [0.1, 0.15) is 12.1 Å². The Labute approximate surface area is 124 Å². The summed E-state index contributed by atoms with van der Waals surface area (Å²) in [5.74, 6) is -0.996. The highest BCUT2D eigenvalue weighted by Crippen LogP contribution is 2.43. The second-order valence-corrected chi connectivity index (χ2v) is 6.41. The second kappa shape index (κ2) is 5.76. The molecule has 2 rings (SSSR count). The minimum absolute atomic E-state index is 0.0922. The van der Waals surface area contributed by atoms with Crippen molar-refractivity contribution in [3.8, 4) is 0 Å². The van der Waals surface area contributed by atoms with Crippen LogP contribution in [-0.2, 0) is 16.1 Å². The van der Waals surface area contributed by atoms with E-state index < -0.39 is 17.6 Å². The molecule has 1 aromatic rings. The molecular formula is C16H21NO4. The highest BCUT2D eigenvalue weighted by Gasteiger charge is 2.50. The molecule has 21 heavy (non-hydrogen) atoms. The zero-order valence-corrected chi connectivity index (χ0v) is 12.4. The van der Waals surface area contributed by atoms with Gasteiger partial charge >= 0.3 is 12.1 Å². The Hall–Kier alpha value is -2.04. The second-order valence-electron chi connectivity index (χ2n) is 6.41. The van der Waals surface area contributed by atoms with E-state index in [2.05, 4.69) is 5.32 Å². The molecule has 0 saturated heterocycles. The van der Waals surface area contributed by atoms with E-state index in [0.717, 1.165) is 12.0 Å². The summed E-state index contributed by atoms with van der Waals surface area (Å²) in [7, 11) is 0. The number of carboxylic acids is 1. The number of hydrogen-bond acceptors (Lipinski definition) is 3.